The van der Waals surface area contributed by atoms with Gasteiger partial charge in [-0.2, -0.15) is 0 Å². The number of fused-ring (bicyclic) bond motifs is 6. The van der Waals surface area contributed by atoms with Gasteiger partial charge in [-0.3, -0.25) is 0 Å². The van der Waals surface area contributed by atoms with Gasteiger partial charge in [0.2, 0.25) is 0 Å². The smallest absolute Gasteiger partial charge is 1.00 e. The SMILES string of the molecule is CC1=Cc2c(ccc3ccccc23)[CH]1[Zr+2]([CH]1C(C)=Cc2c1ccc1ccccc21)[GeH]([CH3])[CH3].[Cl-].[Cl-]. The fourth-order valence-electron chi connectivity index (χ4n) is 6.28. The van der Waals surface area contributed by atoms with E-state index in [1.165, 1.54) is 32.7 Å². The maximum Gasteiger partial charge on any atom is -1.00 e. The summed E-state index contributed by atoms with van der Waals surface area (Å²) in [5.41, 5.74) is 9.63. The van der Waals surface area contributed by atoms with Crippen LogP contribution in [0.4, 0.5) is 0 Å². The third-order valence-electron chi connectivity index (χ3n) is 7.62. The van der Waals surface area contributed by atoms with Gasteiger partial charge in [-0.15, -0.1) is 0 Å². The summed E-state index contributed by atoms with van der Waals surface area (Å²) in [6.45, 7) is 4.86. The van der Waals surface area contributed by atoms with Gasteiger partial charge in [0.05, 0.1) is 0 Å². The van der Waals surface area contributed by atoms with E-state index in [4.69, 9.17) is 0 Å². The maximum absolute atomic E-state index is 2.69. The molecule has 0 bridgehead atoms. The van der Waals surface area contributed by atoms with Crippen LogP contribution in [0.5, 0.6) is 0 Å². The minimum Gasteiger partial charge on any atom is -1.00 e. The molecular weight excluding hydrogens is 595 g/mol. The molecule has 4 aromatic carbocycles. The number of benzene rings is 4. The van der Waals surface area contributed by atoms with Crippen molar-refractivity contribution in [2.75, 3.05) is 0 Å². The zero-order valence-corrected chi connectivity index (χ0v) is 26.5. The summed E-state index contributed by atoms with van der Waals surface area (Å²) in [7, 11) is -1.34. The molecule has 2 aliphatic rings. The van der Waals surface area contributed by atoms with E-state index in [2.05, 4.69) is 110 Å². The molecule has 4 heteroatoms. The Bertz CT molecular complexity index is 1350. The van der Waals surface area contributed by atoms with Gasteiger partial charge in [0.25, 0.3) is 0 Å². The summed E-state index contributed by atoms with van der Waals surface area (Å²) in [5, 5.41) is 5.63. The molecule has 0 N–H and O–H groups in total. The van der Waals surface area contributed by atoms with E-state index >= 15 is 0 Å². The van der Waals surface area contributed by atoms with Crippen LogP contribution in [0.1, 0.15) is 43.4 Å². The maximum atomic E-state index is 2.69. The van der Waals surface area contributed by atoms with Gasteiger partial charge in [-0.25, -0.2) is 0 Å². The quantitative estimate of drug-likeness (QED) is 0.307. The third-order valence-corrected chi connectivity index (χ3v) is 42.8. The average Bonchev–Trinajstić information content (AvgIpc) is 3.31. The molecule has 0 spiro atoms. The molecule has 0 heterocycles. The second kappa shape index (κ2) is 10.1. The molecule has 2 aliphatic carbocycles. The van der Waals surface area contributed by atoms with Gasteiger partial charge in [-0.05, 0) is 0 Å². The molecular formula is C30H29Cl2GeZr. The molecule has 0 saturated carbocycles. The van der Waals surface area contributed by atoms with E-state index in [0.29, 0.717) is 0 Å². The van der Waals surface area contributed by atoms with Crippen LogP contribution in [0, 0.1) is 0 Å². The van der Waals surface area contributed by atoms with E-state index in [9.17, 15) is 0 Å². The number of halogens is 2. The Balaban J connectivity index is 0.00000137. The first-order valence-corrected chi connectivity index (χ1v) is 28.1. The van der Waals surface area contributed by atoms with Crippen LogP contribution in [0.2, 0.25) is 11.5 Å². The van der Waals surface area contributed by atoms with Crippen LogP contribution in [-0.4, -0.2) is 10.6 Å². The Kier molecular flexibility index (Phi) is 7.71. The van der Waals surface area contributed by atoms with Crippen molar-refractivity contribution in [3.63, 3.8) is 0 Å². The predicted molar refractivity (Wildman–Crippen MR) is 140 cm³/mol. The van der Waals surface area contributed by atoms with Crippen molar-refractivity contribution in [3.05, 3.63) is 106 Å². The Morgan fingerprint density at radius 1 is 0.588 bits per heavy atom. The molecule has 0 nitrogen and oxygen atoms in total. The first-order chi connectivity index (χ1) is 15.5. The van der Waals surface area contributed by atoms with Gasteiger partial charge >= 0.3 is 202 Å². The van der Waals surface area contributed by atoms with E-state index in [1.54, 1.807) is 22.3 Å². The van der Waals surface area contributed by atoms with Crippen molar-refractivity contribution in [1.29, 1.82) is 0 Å². The number of hydrogen-bond donors (Lipinski definition) is 0. The van der Waals surface area contributed by atoms with Gasteiger partial charge in [0.1, 0.15) is 0 Å². The zero-order chi connectivity index (χ0) is 22.0. The fourth-order valence-corrected chi connectivity index (χ4v) is 43.9. The van der Waals surface area contributed by atoms with Crippen molar-refractivity contribution >= 4 is 44.3 Å². The van der Waals surface area contributed by atoms with Gasteiger partial charge in [0.15, 0.2) is 0 Å². The van der Waals surface area contributed by atoms with E-state index in [-0.39, 0.29) is 24.8 Å². The molecule has 4 aromatic rings. The normalized spacial score (nSPS) is 18.1. The molecule has 2 atom stereocenters. The molecule has 6 rings (SSSR count). The largest absolute Gasteiger partial charge is 1.00 e. The summed E-state index contributed by atoms with van der Waals surface area (Å²) in [5.74, 6) is 5.39. The minimum absolute atomic E-state index is 0. The van der Waals surface area contributed by atoms with Crippen LogP contribution in [0.3, 0.4) is 0 Å². The van der Waals surface area contributed by atoms with Crippen molar-refractivity contribution in [2.24, 2.45) is 0 Å². The Hall–Kier alpha value is -1.11. The molecule has 0 amide bonds. The molecule has 0 aliphatic heterocycles. The van der Waals surface area contributed by atoms with Gasteiger partial charge < -0.3 is 24.8 Å². The van der Waals surface area contributed by atoms with Crippen molar-refractivity contribution in [2.45, 2.75) is 32.6 Å². The van der Waals surface area contributed by atoms with E-state index < -0.39 is 29.8 Å². The Morgan fingerprint density at radius 2 is 1.00 bits per heavy atom. The van der Waals surface area contributed by atoms with Crippen LogP contribution in [0.15, 0.2) is 83.9 Å². The summed E-state index contributed by atoms with van der Waals surface area (Å²) in [6.07, 6.45) is 5.09. The molecule has 0 fully saturated rings. The van der Waals surface area contributed by atoms with Gasteiger partial charge in [0, 0.05) is 0 Å². The predicted octanol–water partition coefficient (Wildman–Crippen LogP) is 2.22. The summed E-state index contributed by atoms with van der Waals surface area (Å²) >= 11 is -1.87. The monoisotopic (exact) mass is 623 g/mol. The summed E-state index contributed by atoms with van der Waals surface area (Å²) < 4.78 is 1.48. The van der Waals surface area contributed by atoms with E-state index in [0.717, 1.165) is 7.25 Å². The molecule has 34 heavy (non-hydrogen) atoms. The number of hydrogen-bond acceptors (Lipinski definition) is 0. The average molecular weight is 624 g/mol. The van der Waals surface area contributed by atoms with Gasteiger partial charge in [-0.1, -0.05) is 0 Å². The first kappa shape index (κ1) is 26.0. The second-order valence-corrected chi connectivity index (χ2v) is 43.0. The molecule has 2 unspecified atom stereocenters. The number of allylic oxidation sites excluding steroid dienone is 2. The third kappa shape index (κ3) is 4.02. The van der Waals surface area contributed by atoms with Crippen molar-refractivity contribution in [3.8, 4) is 0 Å². The van der Waals surface area contributed by atoms with Crippen molar-refractivity contribution < 1.29 is 44.1 Å². The molecule has 0 saturated heterocycles. The molecule has 0 radical (unpaired) electrons. The zero-order valence-electron chi connectivity index (χ0n) is 20.1. The topological polar surface area (TPSA) is 0 Å². The number of rotatable bonds is 3. The van der Waals surface area contributed by atoms with Crippen molar-refractivity contribution in [1.82, 2.24) is 0 Å². The second-order valence-electron chi connectivity index (χ2n) is 9.88. The van der Waals surface area contributed by atoms with Crippen LogP contribution in [-0.2, 0) is 19.2 Å². The summed E-state index contributed by atoms with van der Waals surface area (Å²) in [6, 6.07) is 27.6. The van der Waals surface area contributed by atoms with E-state index in [1.807, 2.05) is 0 Å². The molecule has 0 aromatic heterocycles. The minimum atomic E-state index is -1.87. The fraction of sp³-hybridized carbons (Fsp3) is 0.200. The Morgan fingerprint density at radius 3 is 1.41 bits per heavy atom. The first-order valence-electron chi connectivity index (χ1n) is 11.8. The van der Waals surface area contributed by atoms with Crippen LogP contribution < -0.4 is 24.8 Å². The summed E-state index contributed by atoms with van der Waals surface area (Å²) in [4.78, 5) is 0. The van der Waals surface area contributed by atoms with Crippen LogP contribution in [0.25, 0.3) is 33.7 Å². The standard InChI is InChI=1S/2C14H11.C2H7Ge.2ClH.Zr/c2*1-10-8-12-7-6-11-4-2-3-5-13(11)14(12)9-10;1-3-2;;;/h2*2-9H,1H3;3H,1-2H3;2*1H;/q;;;;;+2/p-2. The van der Waals surface area contributed by atoms with Crippen LogP contribution >= 0.6 is 0 Å². The Labute approximate surface area is 225 Å². The molecule has 171 valence electrons.